The third kappa shape index (κ3) is 2.85. The predicted molar refractivity (Wildman–Crippen MR) is 74.0 cm³/mol. The van der Waals surface area contributed by atoms with E-state index in [1.165, 1.54) is 11.3 Å². The first-order valence-corrected chi connectivity index (χ1v) is 6.62. The summed E-state index contributed by atoms with van der Waals surface area (Å²) in [5.74, 6) is 0. The highest BCUT2D eigenvalue weighted by Crippen LogP contribution is 2.32. The fourth-order valence-corrected chi connectivity index (χ4v) is 2.75. The Labute approximate surface area is 109 Å². The molecule has 0 saturated carbocycles. The van der Waals surface area contributed by atoms with E-state index >= 15 is 0 Å². The average molecular weight is 249 g/mol. The third-order valence-corrected chi connectivity index (χ3v) is 3.99. The minimum Gasteiger partial charge on any atom is -0.396 e. The lowest BCUT2D eigenvalue weighted by Crippen LogP contribution is -2.42. The predicted octanol–water partition coefficient (Wildman–Crippen LogP) is 2.22. The first kappa shape index (κ1) is 13.4. The van der Waals surface area contributed by atoms with Crippen molar-refractivity contribution in [2.45, 2.75) is 19.8 Å². The molecule has 0 radical (unpaired) electrons. The van der Waals surface area contributed by atoms with Crippen LogP contribution in [0.3, 0.4) is 0 Å². The van der Waals surface area contributed by atoms with Crippen LogP contribution in [0.4, 0.5) is 5.69 Å². The van der Waals surface area contributed by atoms with Crippen molar-refractivity contribution in [3.8, 4) is 0 Å². The van der Waals surface area contributed by atoms with Gasteiger partial charge in [0.05, 0.1) is 6.61 Å². The molecule has 0 bridgehead atoms. The summed E-state index contributed by atoms with van der Waals surface area (Å²) in [6.07, 6.45) is 1.89. The number of aryl methyl sites for hydroxylation is 1. The van der Waals surface area contributed by atoms with Crippen LogP contribution in [0.2, 0.25) is 0 Å². The van der Waals surface area contributed by atoms with Crippen LogP contribution in [0, 0.1) is 12.3 Å². The number of anilines is 1. The normalized spacial score (nSPS) is 18.6. The van der Waals surface area contributed by atoms with Crippen molar-refractivity contribution < 1.29 is 9.84 Å². The van der Waals surface area contributed by atoms with Crippen molar-refractivity contribution in [2.24, 2.45) is 5.41 Å². The van der Waals surface area contributed by atoms with Gasteiger partial charge in [0.2, 0.25) is 0 Å². The zero-order chi connectivity index (χ0) is 13.0. The molecule has 2 rings (SSSR count). The maximum Gasteiger partial charge on any atom is 0.0506 e. The Morgan fingerprint density at radius 2 is 1.94 bits per heavy atom. The van der Waals surface area contributed by atoms with Gasteiger partial charge >= 0.3 is 0 Å². The van der Waals surface area contributed by atoms with Crippen molar-refractivity contribution in [1.29, 1.82) is 0 Å². The lowest BCUT2D eigenvalue weighted by Gasteiger charge is -2.39. The first-order valence-electron chi connectivity index (χ1n) is 6.62. The van der Waals surface area contributed by atoms with E-state index in [4.69, 9.17) is 4.74 Å². The van der Waals surface area contributed by atoms with Crippen LogP contribution in [-0.4, -0.2) is 38.5 Å². The van der Waals surface area contributed by atoms with Gasteiger partial charge in [0, 0.05) is 37.9 Å². The van der Waals surface area contributed by atoms with Gasteiger partial charge in [0.25, 0.3) is 0 Å². The molecule has 3 heteroatoms. The van der Waals surface area contributed by atoms with E-state index < -0.39 is 0 Å². The number of benzene rings is 1. The van der Waals surface area contributed by atoms with Crippen LogP contribution in [0.1, 0.15) is 18.4 Å². The van der Waals surface area contributed by atoms with Crippen molar-refractivity contribution >= 4 is 5.69 Å². The third-order valence-electron chi connectivity index (χ3n) is 3.99. The van der Waals surface area contributed by atoms with Gasteiger partial charge in [-0.15, -0.1) is 0 Å². The fraction of sp³-hybridized carbons (Fsp3) is 0.600. The molecule has 1 N–H and O–H groups in total. The van der Waals surface area contributed by atoms with E-state index in [2.05, 4.69) is 43.1 Å². The number of aliphatic hydroxyl groups excluding tert-OH is 1. The molecule has 18 heavy (non-hydrogen) atoms. The van der Waals surface area contributed by atoms with E-state index in [-0.39, 0.29) is 12.0 Å². The topological polar surface area (TPSA) is 32.7 Å². The summed E-state index contributed by atoms with van der Waals surface area (Å²) in [5.41, 5.74) is 2.52. The second-order valence-corrected chi connectivity index (χ2v) is 5.41. The Balaban J connectivity index is 2.10. The minimum atomic E-state index is -0.00468. The molecular formula is C15H23NO2. The van der Waals surface area contributed by atoms with Gasteiger partial charge in [-0.05, 0) is 31.4 Å². The second-order valence-electron chi connectivity index (χ2n) is 5.41. The van der Waals surface area contributed by atoms with Crippen molar-refractivity contribution in [3.63, 3.8) is 0 Å². The van der Waals surface area contributed by atoms with Gasteiger partial charge < -0.3 is 14.7 Å². The van der Waals surface area contributed by atoms with Crippen LogP contribution in [0.5, 0.6) is 0 Å². The van der Waals surface area contributed by atoms with Gasteiger partial charge in [-0.1, -0.05) is 18.2 Å². The van der Waals surface area contributed by atoms with Crippen molar-refractivity contribution in [3.05, 3.63) is 29.8 Å². The molecule has 3 nitrogen and oxygen atoms in total. The van der Waals surface area contributed by atoms with Crippen LogP contribution >= 0.6 is 0 Å². The van der Waals surface area contributed by atoms with E-state index in [0.717, 1.165) is 32.6 Å². The Bertz CT molecular complexity index is 386. The SMILES string of the molecule is Cc1ccccc1N(C)CC1(CO)CCOCC1. The lowest BCUT2D eigenvalue weighted by atomic mass is 9.80. The maximum atomic E-state index is 9.72. The highest BCUT2D eigenvalue weighted by atomic mass is 16.5. The molecular weight excluding hydrogens is 226 g/mol. The maximum absolute atomic E-state index is 9.72. The molecule has 0 aromatic heterocycles. The smallest absolute Gasteiger partial charge is 0.0506 e. The summed E-state index contributed by atoms with van der Waals surface area (Å²) in [6, 6.07) is 8.39. The molecule has 1 aliphatic rings. The van der Waals surface area contributed by atoms with E-state index in [0.29, 0.717) is 0 Å². The first-order chi connectivity index (χ1) is 8.67. The highest BCUT2D eigenvalue weighted by molar-refractivity contribution is 5.52. The number of ether oxygens (including phenoxy) is 1. The second kappa shape index (κ2) is 5.72. The number of nitrogens with zero attached hydrogens (tertiary/aromatic N) is 1. The van der Waals surface area contributed by atoms with Gasteiger partial charge in [-0.2, -0.15) is 0 Å². The molecule has 1 aromatic carbocycles. The Kier molecular flexibility index (Phi) is 4.25. The van der Waals surface area contributed by atoms with E-state index in [9.17, 15) is 5.11 Å². The summed E-state index contributed by atoms with van der Waals surface area (Å²) in [6.45, 7) is 4.79. The zero-order valence-electron chi connectivity index (χ0n) is 11.4. The van der Waals surface area contributed by atoms with E-state index in [1.54, 1.807) is 0 Å². The molecule has 0 amide bonds. The number of rotatable bonds is 4. The molecule has 1 aromatic rings. The van der Waals surface area contributed by atoms with Gasteiger partial charge in [-0.3, -0.25) is 0 Å². The highest BCUT2D eigenvalue weighted by Gasteiger charge is 2.33. The standard InChI is InChI=1S/C15H23NO2/c1-13-5-3-4-6-14(13)16(2)11-15(12-17)7-9-18-10-8-15/h3-6,17H,7-12H2,1-2H3. The van der Waals surface area contributed by atoms with Gasteiger partial charge in [0.15, 0.2) is 0 Å². The zero-order valence-corrected chi connectivity index (χ0v) is 11.4. The Hall–Kier alpha value is -1.06. The molecule has 0 aliphatic carbocycles. The number of hydrogen-bond acceptors (Lipinski definition) is 3. The Morgan fingerprint density at radius 1 is 1.28 bits per heavy atom. The summed E-state index contributed by atoms with van der Waals surface area (Å²) < 4.78 is 5.41. The van der Waals surface area contributed by atoms with Crippen LogP contribution in [0.25, 0.3) is 0 Å². The van der Waals surface area contributed by atoms with Crippen LogP contribution < -0.4 is 4.90 Å². The van der Waals surface area contributed by atoms with Crippen molar-refractivity contribution in [1.82, 2.24) is 0 Å². The van der Waals surface area contributed by atoms with Crippen LogP contribution in [0.15, 0.2) is 24.3 Å². The molecule has 1 heterocycles. The number of para-hydroxylation sites is 1. The lowest BCUT2D eigenvalue weighted by molar-refractivity contribution is -0.0113. The fourth-order valence-electron chi connectivity index (χ4n) is 2.75. The monoisotopic (exact) mass is 249 g/mol. The minimum absolute atomic E-state index is 0.00468. The summed E-state index contributed by atoms with van der Waals surface area (Å²) in [7, 11) is 2.11. The Morgan fingerprint density at radius 3 is 2.56 bits per heavy atom. The molecule has 0 unspecified atom stereocenters. The largest absolute Gasteiger partial charge is 0.396 e. The molecule has 1 aliphatic heterocycles. The van der Waals surface area contributed by atoms with Gasteiger partial charge in [-0.25, -0.2) is 0 Å². The molecule has 0 atom stereocenters. The average Bonchev–Trinajstić information content (AvgIpc) is 2.40. The molecule has 1 saturated heterocycles. The number of hydrogen-bond donors (Lipinski definition) is 1. The quantitative estimate of drug-likeness (QED) is 0.888. The van der Waals surface area contributed by atoms with Gasteiger partial charge in [0.1, 0.15) is 0 Å². The summed E-state index contributed by atoms with van der Waals surface area (Å²) in [4.78, 5) is 2.26. The molecule has 1 fully saturated rings. The molecule has 100 valence electrons. The molecule has 0 spiro atoms. The van der Waals surface area contributed by atoms with Crippen LogP contribution in [-0.2, 0) is 4.74 Å². The van der Waals surface area contributed by atoms with E-state index in [1.807, 2.05) is 0 Å². The summed E-state index contributed by atoms with van der Waals surface area (Å²) in [5, 5.41) is 9.72. The van der Waals surface area contributed by atoms with Crippen molar-refractivity contribution in [2.75, 3.05) is 38.3 Å². The number of aliphatic hydroxyl groups is 1. The summed E-state index contributed by atoms with van der Waals surface area (Å²) >= 11 is 0.